The number of pyridine rings is 6. The highest BCUT2D eigenvalue weighted by Crippen LogP contribution is 2.41. The number of nitrogens with zero attached hydrogens (tertiary/aromatic N) is 15. The second-order valence-corrected chi connectivity index (χ2v) is 30.6. The second-order valence-electron chi connectivity index (χ2n) is 28.6. The van der Waals surface area contributed by atoms with Crippen molar-refractivity contribution in [3.8, 4) is 33.8 Å². The average Bonchev–Trinajstić information content (AvgIpc) is 1.64. The van der Waals surface area contributed by atoms with Gasteiger partial charge in [0, 0.05) is 150 Å². The van der Waals surface area contributed by atoms with E-state index in [0.29, 0.717) is 127 Å². The van der Waals surface area contributed by atoms with E-state index in [1.165, 1.54) is 30.3 Å². The predicted molar refractivity (Wildman–Crippen MR) is 416 cm³/mol. The molecular weight excluding hydrogens is 1440 g/mol. The van der Waals surface area contributed by atoms with E-state index in [-0.39, 0.29) is 46.3 Å². The van der Waals surface area contributed by atoms with E-state index < -0.39 is 9.84 Å². The lowest BCUT2D eigenvalue weighted by Crippen LogP contribution is -2.45. The number of aryl methyl sites for hydroxylation is 1. The van der Waals surface area contributed by atoms with Gasteiger partial charge in [-0.05, 0) is 120 Å². The molecule has 2 saturated heterocycles. The zero-order valence-electron chi connectivity index (χ0n) is 62.7. The summed E-state index contributed by atoms with van der Waals surface area (Å²) in [5.41, 5.74) is 17.1. The van der Waals surface area contributed by atoms with Crippen molar-refractivity contribution >= 4 is 90.1 Å². The van der Waals surface area contributed by atoms with Gasteiger partial charge in [-0.25, -0.2) is 47.1 Å². The maximum atomic E-state index is 13.7. The quantitative estimate of drug-likeness (QED) is 0.0414. The molecule has 5 aliphatic rings. The summed E-state index contributed by atoms with van der Waals surface area (Å²) in [6, 6.07) is 24.1. The predicted octanol–water partition coefficient (Wildman–Crippen LogP) is 9.40. The van der Waals surface area contributed by atoms with E-state index in [9.17, 15) is 31.6 Å². The number of anilines is 7. The first-order chi connectivity index (χ1) is 53.5. The van der Waals surface area contributed by atoms with Crippen LogP contribution in [-0.4, -0.2) is 195 Å². The number of sulfone groups is 1. The number of nitrogens with one attached hydrogen (secondary N) is 6. The molecule has 6 N–H and O–H groups in total. The van der Waals surface area contributed by atoms with Crippen LogP contribution in [0.1, 0.15) is 82.9 Å². The van der Waals surface area contributed by atoms with Crippen molar-refractivity contribution in [3.63, 3.8) is 0 Å². The third kappa shape index (κ3) is 15.5. The molecule has 10 aromatic heterocycles. The number of fused-ring (bicyclic) bond motifs is 6. The first-order valence-electron chi connectivity index (χ1n) is 36.1. The number of halogens is 2. The fourth-order valence-electron chi connectivity index (χ4n) is 14.9. The molecule has 572 valence electrons. The lowest BCUT2D eigenvalue weighted by Gasteiger charge is -2.35. The molecule has 0 aliphatic carbocycles. The van der Waals surface area contributed by atoms with Gasteiger partial charge in [-0.2, -0.15) is 0 Å². The van der Waals surface area contributed by atoms with Crippen LogP contribution in [0, 0.1) is 11.6 Å². The Kier molecular flexibility index (Phi) is 21.1. The number of imidazole rings is 2. The van der Waals surface area contributed by atoms with E-state index in [0.717, 1.165) is 117 Å². The van der Waals surface area contributed by atoms with Crippen LogP contribution in [0.3, 0.4) is 0 Å². The summed E-state index contributed by atoms with van der Waals surface area (Å²) in [5, 5.41) is 19.7. The molecule has 2 aromatic carbocycles. The highest BCUT2D eigenvalue weighted by atomic mass is 32.2. The van der Waals surface area contributed by atoms with Crippen molar-refractivity contribution in [1.29, 1.82) is 0 Å². The lowest BCUT2D eigenvalue weighted by molar-refractivity contribution is -0.0101. The molecule has 5 aliphatic heterocycles. The molecule has 15 heterocycles. The molecule has 0 unspecified atom stereocenters. The maximum Gasteiger partial charge on any atom is 0.254 e. The van der Waals surface area contributed by atoms with Gasteiger partial charge < -0.3 is 70.3 Å². The van der Waals surface area contributed by atoms with Crippen molar-refractivity contribution in [1.82, 2.24) is 83.9 Å². The molecule has 0 bridgehead atoms. The number of aromatic nitrogens is 11. The van der Waals surface area contributed by atoms with Gasteiger partial charge in [0.15, 0.2) is 9.84 Å². The minimum Gasteiger partial charge on any atom is -0.382 e. The molecule has 17 rings (SSSR count). The van der Waals surface area contributed by atoms with Gasteiger partial charge in [-0.15, -0.1) is 0 Å². The maximum absolute atomic E-state index is 13.7. The molecule has 0 radical (unpaired) electrons. The number of hydrogen-bond donors (Lipinski definition) is 6. The number of benzene rings is 2. The van der Waals surface area contributed by atoms with Crippen molar-refractivity contribution in [2.45, 2.75) is 62.6 Å². The van der Waals surface area contributed by atoms with Crippen LogP contribution in [0.2, 0.25) is 0 Å². The van der Waals surface area contributed by atoms with Crippen molar-refractivity contribution in [2.75, 3.05) is 116 Å². The van der Waals surface area contributed by atoms with Crippen molar-refractivity contribution < 1.29 is 45.8 Å². The smallest absolute Gasteiger partial charge is 0.254 e. The Morgan fingerprint density at radius 3 is 1.77 bits per heavy atom. The Balaban J connectivity index is 0.000000132. The van der Waals surface area contributed by atoms with Gasteiger partial charge in [-0.3, -0.25) is 33.2 Å². The number of methoxy groups -OCH3 is 1. The van der Waals surface area contributed by atoms with E-state index in [4.69, 9.17) is 34.1 Å². The van der Waals surface area contributed by atoms with Crippen LogP contribution >= 0.6 is 0 Å². The van der Waals surface area contributed by atoms with Crippen LogP contribution < -0.4 is 36.8 Å². The number of ether oxygens (including phenoxy) is 3. The highest BCUT2D eigenvalue weighted by Gasteiger charge is 2.33. The zero-order chi connectivity index (χ0) is 77.5. The number of amides is 3. The van der Waals surface area contributed by atoms with Gasteiger partial charge in [0.05, 0.1) is 135 Å². The topological polar surface area (TPSA) is 315 Å². The van der Waals surface area contributed by atoms with Gasteiger partial charge in [-0.1, -0.05) is 12.1 Å². The largest absolute Gasteiger partial charge is 0.382 e. The highest BCUT2D eigenvalue weighted by molar-refractivity contribution is 7.90. The Morgan fingerprint density at radius 2 is 1.16 bits per heavy atom. The van der Waals surface area contributed by atoms with E-state index >= 15 is 0 Å². The summed E-state index contributed by atoms with van der Waals surface area (Å²) in [5.74, 6) is 0.677. The number of hydrogen-bond acceptors (Lipinski definition) is 23. The minimum absolute atomic E-state index is 0.0203. The molecule has 2 fully saturated rings. The molecule has 29 nitrogen and oxygen atoms in total. The fraction of sp³-hybridized carbons (Fsp3) is 0.304. The summed E-state index contributed by atoms with van der Waals surface area (Å²) in [7, 11) is 11.9. The van der Waals surface area contributed by atoms with Crippen LogP contribution in [0.25, 0.3) is 56.1 Å². The Bertz CT molecular complexity index is 5740. The third-order valence-electron chi connectivity index (χ3n) is 19.8. The summed E-state index contributed by atoms with van der Waals surface area (Å²) < 4.78 is 74.0. The molecule has 0 saturated carbocycles. The first-order valence-corrected chi connectivity index (χ1v) is 38.0. The first kappa shape index (κ1) is 74.7. The Morgan fingerprint density at radius 1 is 0.595 bits per heavy atom. The summed E-state index contributed by atoms with van der Waals surface area (Å²) in [6.45, 7) is 6.93. The number of carbonyl (C=O) groups excluding carboxylic acids is 3. The average molecular weight is 1520 g/mol. The van der Waals surface area contributed by atoms with E-state index in [1.54, 1.807) is 67.0 Å². The Labute approximate surface area is 638 Å². The zero-order valence-corrected chi connectivity index (χ0v) is 63.5. The fourth-order valence-corrected chi connectivity index (χ4v) is 15.7. The van der Waals surface area contributed by atoms with E-state index in [1.807, 2.05) is 106 Å². The van der Waals surface area contributed by atoms with Gasteiger partial charge >= 0.3 is 0 Å². The summed E-state index contributed by atoms with van der Waals surface area (Å²) >= 11 is 0. The molecule has 0 spiro atoms. The van der Waals surface area contributed by atoms with Crippen LogP contribution in [0.15, 0.2) is 139 Å². The van der Waals surface area contributed by atoms with Gasteiger partial charge in [0.1, 0.15) is 46.0 Å². The minimum atomic E-state index is -3.45. The van der Waals surface area contributed by atoms with Crippen LogP contribution in [-0.2, 0) is 70.4 Å². The summed E-state index contributed by atoms with van der Waals surface area (Å²) in [6.07, 6.45) is 15.9. The lowest BCUT2D eigenvalue weighted by atomic mass is 9.99. The van der Waals surface area contributed by atoms with Gasteiger partial charge in [0.2, 0.25) is 0 Å². The molecule has 111 heavy (non-hydrogen) atoms. The van der Waals surface area contributed by atoms with Gasteiger partial charge in [0.25, 0.3) is 17.7 Å². The SMILES string of the molecule is CN(C)Cc1nc(Nc2ccc(-c3cnc4cc(F)ccn34)c3c2C(=O)NC3)ccc1S(C)(=O)=O.CN(C)Cc1nc(Nc2ccc(-c3cnc4cc(F)ccn34)c3c2C(=O)NC3)cnc1[C@H]1CCOC1.COC[C@@H]1CN(c2ccc(Nc3cnc(-c4ccnc5c4ccn5C)c4c3C(=O)NC4)nc2CN(C)C)CCO1. The standard InChI is InChI=1S/C29H34N8O3.C26H26FN7O2.C24H23FN6O3S/c1-35(2)16-23-24(37-11-12-40-18(15-37)17-39-4)5-6-25(34-23)33-22-14-31-27(21-13-32-29(38)26(21)22)19-7-9-30-28-20(19)8-10-36(28)3;1-33(2)13-20-25(15-6-8-36-14-15)29-12-22(32-20)31-19-4-3-17(18-10-30-26(35)24(18)19)21-11-28-23-9-16(27)5-7-34(21)23;1-30(2)13-18-20(35(3,33)34)6-7-21(29-18)28-17-5-4-15(16-11-27-24(32)23(16)17)19-12-26-22-10-14(25)8-9-31(19)22/h5-10,14,18H,11-13,15-17H2,1-4H3,(H,32,38)(H,33,34);3-5,7,9,11-12,15H,6,8,10,13-14H2,1-2H3,(H,30,35)(H,31,32);4-10,12H,11,13H2,1-3H3,(H,27,32)(H,28,29)/t18-;15-;/m00./s1. The van der Waals surface area contributed by atoms with Crippen molar-refractivity contribution in [3.05, 3.63) is 202 Å². The van der Waals surface area contributed by atoms with Crippen LogP contribution in [0.4, 0.5) is 49.0 Å². The summed E-state index contributed by atoms with van der Waals surface area (Å²) in [4.78, 5) is 84.3. The number of carbonyl (C=O) groups is 3. The Hall–Kier alpha value is -11.8. The third-order valence-corrected chi connectivity index (χ3v) is 21.0. The number of rotatable bonds is 20. The van der Waals surface area contributed by atoms with Crippen LogP contribution in [0.5, 0.6) is 0 Å². The molecular formula is C79H83F2N21O8S. The number of morpholine rings is 1. The second kappa shape index (κ2) is 31.3. The van der Waals surface area contributed by atoms with Crippen molar-refractivity contribution in [2.24, 2.45) is 7.05 Å². The van der Waals surface area contributed by atoms with E-state index in [2.05, 4.69) is 72.6 Å². The molecule has 2 atom stereocenters. The molecule has 3 amide bonds. The normalized spacial score (nSPS) is 15.9. The monoisotopic (exact) mass is 1520 g/mol. The molecule has 12 aromatic rings. The molecule has 32 heteroatoms.